The first-order chi connectivity index (χ1) is 7.22. The van der Waals surface area contributed by atoms with Crippen molar-refractivity contribution in [2.75, 3.05) is 6.61 Å². The molecule has 0 aliphatic carbocycles. The van der Waals surface area contributed by atoms with E-state index in [2.05, 4.69) is 17.1 Å². The Labute approximate surface area is 89.1 Å². The highest BCUT2D eigenvalue weighted by Crippen LogP contribution is 2.09. The van der Waals surface area contributed by atoms with Crippen LogP contribution in [0, 0.1) is 15.0 Å². The summed E-state index contributed by atoms with van der Waals surface area (Å²) in [5, 5.41) is 12.7. The minimum atomic E-state index is -0.802. The Morgan fingerprint density at radius 1 is 1.33 bits per heavy atom. The molecule has 0 amide bonds. The highest BCUT2D eigenvalue weighted by molar-refractivity contribution is 4.56. The van der Waals surface area contributed by atoms with Gasteiger partial charge in [-0.1, -0.05) is 32.6 Å². The van der Waals surface area contributed by atoms with E-state index in [1.165, 1.54) is 0 Å². The van der Waals surface area contributed by atoms with Crippen LogP contribution in [-0.2, 0) is 4.84 Å². The van der Waals surface area contributed by atoms with Crippen LogP contribution in [0.3, 0.4) is 0 Å². The van der Waals surface area contributed by atoms with E-state index in [0.717, 1.165) is 32.1 Å². The zero-order valence-corrected chi connectivity index (χ0v) is 9.05. The predicted molar refractivity (Wildman–Crippen MR) is 55.9 cm³/mol. The van der Waals surface area contributed by atoms with Gasteiger partial charge in [0.1, 0.15) is 0 Å². The SMILES string of the molecule is CCCCCCCC(CON=O)[N+](=O)[O-]. The molecular formula is C9H18N2O4. The van der Waals surface area contributed by atoms with E-state index >= 15 is 0 Å². The molecule has 0 rings (SSSR count). The monoisotopic (exact) mass is 218 g/mol. The Balaban J connectivity index is 3.57. The van der Waals surface area contributed by atoms with Crippen molar-refractivity contribution in [2.24, 2.45) is 5.34 Å². The molecule has 0 aliphatic rings. The topological polar surface area (TPSA) is 81.8 Å². The second-order valence-corrected chi connectivity index (χ2v) is 3.51. The second-order valence-electron chi connectivity index (χ2n) is 3.51. The van der Waals surface area contributed by atoms with Crippen molar-refractivity contribution in [2.45, 2.75) is 51.5 Å². The molecule has 1 atom stereocenters. The molecular weight excluding hydrogens is 200 g/mol. The van der Waals surface area contributed by atoms with Crippen LogP contribution in [0.1, 0.15) is 45.4 Å². The fourth-order valence-corrected chi connectivity index (χ4v) is 1.35. The van der Waals surface area contributed by atoms with Gasteiger partial charge in [-0.15, -0.1) is 4.91 Å². The third-order valence-electron chi connectivity index (χ3n) is 2.26. The van der Waals surface area contributed by atoms with Crippen molar-refractivity contribution in [3.63, 3.8) is 0 Å². The van der Waals surface area contributed by atoms with Gasteiger partial charge in [0.2, 0.25) is 6.04 Å². The Morgan fingerprint density at radius 3 is 2.53 bits per heavy atom. The molecule has 0 aliphatic heterocycles. The molecule has 0 bridgehead atoms. The van der Waals surface area contributed by atoms with E-state index in [-0.39, 0.29) is 6.61 Å². The highest BCUT2D eigenvalue weighted by atomic mass is 16.7. The molecule has 0 saturated heterocycles. The molecule has 0 aromatic heterocycles. The average Bonchev–Trinajstić information content (AvgIpc) is 2.21. The fourth-order valence-electron chi connectivity index (χ4n) is 1.35. The highest BCUT2D eigenvalue weighted by Gasteiger charge is 2.20. The smallest absolute Gasteiger partial charge is 0.249 e. The molecule has 0 N–H and O–H groups in total. The van der Waals surface area contributed by atoms with Crippen LogP contribution < -0.4 is 0 Å². The summed E-state index contributed by atoms with van der Waals surface area (Å²) in [6.07, 6.45) is 5.66. The standard InChI is InChI=1S/C9H18N2O4/c1-2-3-4-5-6-7-9(11(13)14)8-15-10-12/h9H,2-8H2,1H3. The van der Waals surface area contributed by atoms with Crippen molar-refractivity contribution < 1.29 is 9.76 Å². The quantitative estimate of drug-likeness (QED) is 0.244. The lowest BCUT2D eigenvalue weighted by molar-refractivity contribution is -0.527. The Bertz CT molecular complexity index is 187. The molecule has 6 nitrogen and oxygen atoms in total. The van der Waals surface area contributed by atoms with Gasteiger partial charge in [0.25, 0.3) is 0 Å². The van der Waals surface area contributed by atoms with Gasteiger partial charge in [0.15, 0.2) is 11.9 Å². The van der Waals surface area contributed by atoms with Gasteiger partial charge in [-0.05, 0) is 6.42 Å². The maximum Gasteiger partial charge on any atom is 0.249 e. The van der Waals surface area contributed by atoms with Gasteiger partial charge in [0.05, 0.1) is 0 Å². The molecule has 6 heteroatoms. The third kappa shape index (κ3) is 7.84. The summed E-state index contributed by atoms with van der Waals surface area (Å²) >= 11 is 0. The lowest BCUT2D eigenvalue weighted by Crippen LogP contribution is -2.24. The molecule has 0 saturated carbocycles. The lowest BCUT2D eigenvalue weighted by atomic mass is 10.1. The number of rotatable bonds is 10. The van der Waals surface area contributed by atoms with Gasteiger partial charge in [-0.3, -0.25) is 10.1 Å². The first-order valence-electron chi connectivity index (χ1n) is 5.30. The van der Waals surface area contributed by atoms with Crippen molar-refractivity contribution in [3.8, 4) is 0 Å². The summed E-state index contributed by atoms with van der Waals surface area (Å²) in [7, 11) is 0. The summed E-state index contributed by atoms with van der Waals surface area (Å²) in [6.45, 7) is 1.90. The van der Waals surface area contributed by atoms with Gasteiger partial charge in [-0.2, -0.15) is 0 Å². The number of hydrogen-bond donors (Lipinski definition) is 0. The zero-order valence-electron chi connectivity index (χ0n) is 9.05. The molecule has 15 heavy (non-hydrogen) atoms. The Kier molecular flexibility index (Phi) is 8.61. The molecule has 88 valence electrons. The third-order valence-corrected chi connectivity index (χ3v) is 2.26. The molecule has 0 aromatic carbocycles. The van der Waals surface area contributed by atoms with E-state index in [1.807, 2.05) is 0 Å². The van der Waals surface area contributed by atoms with E-state index in [4.69, 9.17) is 0 Å². The van der Waals surface area contributed by atoms with Crippen LogP contribution in [0.4, 0.5) is 0 Å². The lowest BCUT2D eigenvalue weighted by Gasteiger charge is -2.06. The Morgan fingerprint density at radius 2 is 2.00 bits per heavy atom. The first kappa shape index (κ1) is 13.8. The zero-order chi connectivity index (χ0) is 11.5. The van der Waals surface area contributed by atoms with Gasteiger partial charge < -0.3 is 4.84 Å². The van der Waals surface area contributed by atoms with Crippen molar-refractivity contribution in [3.05, 3.63) is 15.0 Å². The van der Waals surface area contributed by atoms with Crippen molar-refractivity contribution in [1.29, 1.82) is 0 Å². The van der Waals surface area contributed by atoms with Gasteiger partial charge in [0, 0.05) is 11.3 Å². The van der Waals surface area contributed by atoms with Crippen molar-refractivity contribution >= 4 is 0 Å². The predicted octanol–water partition coefficient (Wildman–Crippen LogP) is 2.69. The van der Waals surface area contributed by atoms with Gasteiger partial charge in [-0.25, -0.2) is 0 Å². The largest absolute Gasteiger partial charge is 0.357 e. The van der Waals surface area contributed by atoms with Crippen LogP contribution in [-0.4, -0.2) is 17.6 Å². The van der Waals surface area contributed by atoms with Gasteiger partial charge >= 0.3 is 0 Å². The first-order valence-corrected chi connectivity index (χ1v) is 5.30. The number of hydrogen-bond acceptors (Lipinski definition) is 5. The summed E-state index contributed by atoms with van der Waals surface area (Å²) < 4.78 is 0. The second kappa shape index (κ2) is 9.36. The van der Waals surface area contributed by atoms with E-state index < -0.39 is 11.0 Å². The number of nitrogens with zero attached hydrogens (tertiary/aromatic N) is 2. The van der Waals surface area contributed by atoms with E-state index in [1.54, 1.807) is 0 Å². The summed E-state index contributed by atoms with van der Waals surface area (Å²) in [5.74, 6) is 0. The summed E-state index contributed by atoms with van der Waals surface area (Å²) in [5.41, 5.74) is 0. The average molecular weight is 218 g/mol. The van der Waals surface area contributed by atoms with Crippen molar-refractivity contribution in [1.82, 2.24) is 0 Å². The van der Waals surface area contributed by atoms with E-state index in [9.17, 15) is 15.0 Å². The van der Waals surface area contributed by atoms with Crippen LogP contribution in [0.2, 0.25) is 0 Å². The molecule has 0 fully saturated rings. The molecule has 0 radical (unpaired) electrons. The fraction of sp³-hybridized carbons (Fsp3) is 1.00. The Hall–Kier alpha value is -1.20. The van der Waals surface area contributed by atoms with Crippen LogP contribution in [0.5, 0.6) is 0 Å². The number of nitro groups is 1. The normalized spacial score (nSPS) is 12.1. The summed E-state index contributed by atoms with van der Waals surface area (Å²) in [6, 6.07) is -0.802. The molecule has 0 aromatic rings. The minimum absolute atomic E-state index is 0.218. The maximum absolute atomic E-state index is 10.5. The van der Waals surface area contributed by atoms with E-state index in [0.29, 0.717) is 6.42 Å². The maximum atomic E-state index is 10.5. The van der Waals surface area contributed by atoms with Crippen LogP contribution in [0.15, 0.2) is 5.34 Å². The minimum Gasteiger partial charge on any atom is -0.357 e. The summed E-state index contributed by atoms with van der Waals surface area (Å²) in [4.78, 5) is 23.9. The van der Waals surface area contributed by atoms with Crippen LogP contribution in [0.25, 0.3) is 0 Å². The number of unbranched alkanes of at least 4 members (excludes halogenated alkanes) is 4. The van der Waals surface area contributed by atoms with Crippen LogP contribution >= 0.6 is 0 Å². The molecule has 0 heterocycles. The molecule has 1 unspecified atom stereocenters. The molecule has 0 spiro atoms.